The summed E-state index contributed by atoms with van der Waals surface area (Å²) in [5, 5.41) is 9.36. The first-order valence-corrected chi connectivity index (χ1v) is 15.5. The smallest absolute Gasteiger partial charge is 0.338 e. The number of amides is 3. The number of urea groups is 1. The Morgan fingerprint density at radius 3 is 2.39 bits per heavy atom. The third kappa shape index (κ3) is 9.12. The molecule has 13 heteroatoms. The molecule has 12 nitrogen and oxygen atoms in total. The first kappa shape index (κ1) is 34.1. The van der Waals surface area contributed by atoms with Crippen molar-refractivity contribution in [1.82, 2.24) is 16.1 Å². The average Bonchev–Trinajstić information content (AvgIpc) is 3.04. The maximum Gasteiger partial charge on any atom is 0.338 e. The molecule has 1 heterocycles. The van der Waals surface area contributed by atoms with Crippen molar-refractivity contribution < 1.29 is 38.1 Å². The van der Waals surface area contributed by atoms with Crippen LogP contribution in [0.3, 0.4) is 0 Å². The van der Waals surface area contributed by atoms with Gasteiger partial charge in [0.15, 0.2) is 29.6 Å². The van der Waals surface area contributed by atoms with Crippen LogP contribution in [0.2, 0.25) is 0 Å². The standard InChI is InChI=1S/C33H35IN4O8/c1-5-43-28-15-22(9-13-26(28)45-18-21-7-11-24(34)12-8-21)17-35-38-29(39)19-46-25-14-10-23(16-27(25)42-4)31-30(32(40)44-6-2)20(3)36-33(41)37-31/h7-17,31H,5-6,18-19H2,1-4H3,(H,38,39)(H2,36,37,41)/b35-17-/t31-/m1/s1. The van der Waals surface area contributed by atoms with E-state index in [1.807, 2.05) is 31.2 Å². The fourth-order valence-electron chi connectivity index (χ4n) is 4.49. The van der Waals surface area contributed by atoms with Gasteiger partial charge in [-0.2, -0.15) is 5.10 Å². The van der Waals surface area contributed by atoms with Crippen molar-refractivity contribution in [1.29, 1.82) is 0 Å². The van der Waals surface area contributed by atoms with Crippen LogP contribution in [0.1, 0.15) is 43.5 Å². The Kier molecular flexibility index (Phi) is 12.2. The molecule has 0 bridgehead atoms. The van der Waals surface area contributed by atoms with Gasteiger partial charge in [0.25, 0.3) is 5.91 Å². The zero-order valence-corrected chi connectivity index (χ0v) is 28.0. The number of ether oxygens (including phenoxy) is 5. The highest BCUT2D eigenvalue weighted by Gasteiger charge is 2.32. The summed E-state index contributed by atoms with van der Waals surface area (Å²) in [6.45, 7) is 5.90. The summed E-state index contributed by atoms with van der Waals surface area (Å²) in [5.41, 5.74) is 5.40. The van der Waals surface area contributed by atoms with Gasteiger partial charge in [-0.15, -0.1) is 0 Å². The van der Waals surface area contributed by atoms with Crippen molar-refractivity contribution >= 4 is 46.7 Å². The molecular weight excluding hydrogens is 707 g/mol. The molecule has 46 heavy (non-hydrogen) atoms. The maximum absolute atomic E-state index is 12.6. The first-order valence-electron chi connectivity index (χ1n) is 14.4. The Bertz CT molecular complexity index is 1620. The van der Waals surface area contributed by atoms with Gasteiger partial charge >= 0.3 is 12.0 Å². The molecule has 3 N–H and O–H groups in total. The molecule has 0 saturated heterocycles. The highest BCUT2D eigenvalue weighted by molar-refractivity contribution is 14.1. The van der Waals surface area contributed by atoms with E-state index in [9.17, 15) is 14.4 Å². The van der Waals surface area contributed by atoms with E-state index in [-0.39, 0.29) is 24.5 Å². The molecule has 0 fully saturated rings. The molecule has 0 aromatic heterocycles. The quantitative estimate of drug-likeness (QED) is 0.0907. The van der Waals surface area contributed by atoms with E-state index in [1.165, 1.54) is 13.3 Å². The van der Waals surface area contributed by atoms with Gasteiger partial charge in [0, 0.05) is 9.27 Å². The summed E-state index contributed by atoms with van der Waals surface area (Å²) in [7, 11) is 1.44. The van der Waals surface area contributed by atoms with Crippen LogP contribution in [-0.2, 0) is 20.9 Å². The fraction of sp³-hybridized carbons (Fsp3) is 0.273. The van der Waals surface area contributed by atoms with Crippen molar-refractivity contribution in [2.24, 2.45) is 5.10 Å². The molecule has 4 rings (SSSR count). The largest absolute Gasteiger partial charge is 0.493 e. The van der Waals surface area contributed by atoms with E-state index >= 15 is 0 Å². The number of nitrogens with one attached hydrogen (secondary N) is 3. The molecular formula is C33H35IN4O8. The van der Waals surface area contributed by atoms with Crippen molar-refractivity contribution in [2.45, 2.75) is 33.4 Å². The fourth-order valence-corrected chi connectivity index (χ4v) is 4.85. The molecule has 3 aromatic carbocycles. The number of hydrazone groups is 1. The van der Waals surface area contributed by atoms with Crippen molar-refractivity contribution in [3.05, 3.63) is 92.2 Å². The van der Waals surface area contributed by atoms with Gasteiger partial charge < -0.3 is 34.3 Å². The maximum atomic E-state index is 12.6. The molecule has 242 valence electrons. The lowest BCUT2D eigenvalue weighted by molar-refractivity contribution is -0.139. The Labute approximate surface area is 280 Å². The summed E-state index contributed by atoms with van der Waals surface area (Å²) in [6.07, 6.45) is 1.49. The SMILES string of the molecule is CCOC(=O)C1=C(C)NC(=O)N[C@@H]1c1ccc(OCC(=O)N/N=C\c2ccc(OCc3ccc(I)cc3)c(OCC)c2)c(OC)c1. The first-order chi connectivity index (χ1) is 22.2. The number of hydrogen-bond acceptors (Lipinski definition) is 9. The molecule has 0 unspecified atom stereocenters. The minimum Gasteiger partial charge on any atom is -0.493 e. The summed E-state index contributed by atoms with van der Waals surface area (Å²) >= 11 is 2.26. The number of esters is 1. The van der Waals surface area contributed by atoms with Crippen LogP contribution in [-0.4, -0.2) is 51.1 Å². The lowest BCUT2D eigenvalue weighted by Crippen LogP contribution is -2.45. The minimum absolute atomic E-state index is 0.183. The number of carbonyl (C=O) groups is 3. The second-order valence-electron chi connectivity index (χ2n) is 9.84. The van der Waals surface area contributed by atoms with Gasteiger partial charge in [-0.3, -0.25) is 4.79 Å². The summed E-state index contributed by atoms with van der Waals surface area (Å²) < 4.78 is 29.2. The van der Waals surface area contributed by atoms with Crippen LogP contribution < -0.4 is 35.0 Å². The van der Waals surface area contributed by atoms with E-state index in [4.69, 9.17) is 23.7 Å². The molecule has 0 aliphatic carbocycles. The average molecular weight is 743 g/mol. The molecule has 1 atom stereocenters. The molecule has 1 aliphatic heterocycles. The molecule has 0 radical (unpaired) electrons. The molecule has 0 spiro atoms. The van der Waals surface area contributed by atoms with Crippen molar-refractivity contribution in [3.8, 4) is 23.0 Å². The predicted molar refractivity (Wildman–Crippen MR) is 179 cm³/mol. The number of carbonyl (C=O) groups excluding carboxylic acids is 3. The van der Waals surface area contributed by atoms with Crippen LogP contribution >= 0.6 is 22.6 Å². The monoisotopic (exact) mass is 742 g/mol. The predicted octanol–water partition coefficient (Wildman–Crippen LogP) is 5.00. The number of benzene rings is 3. The highest BCUT2D eigenvalue weighted by Crippen LogP contribution is 2.35. The Balaban J connectivity index is 1.36. The van der Waals surface area contributed by atoms with Gasteiger partial charge in [-0.1, -0.05) is 18.2 Å². The lowest BCUT2D eigenvalue weighted by Gasteiger charge is -2.28. The van der Waals surface area contributed by atoms with Gasteiger partial charge in [0.1, 0.15) is 6.61 Å². The number of rotatable bonds is 14. The van der Waals surface area contributed by atoms with Crippen molar-refractivity contribution in [2.75, 3.05) is 26.9 Å². The van der Waals surface area contributed by atoms with E-state index in [1.54, 1.807) is 50.2 Å². The zero-order valence-electron chi connectivity index (χ0n) is 25.8. The van der Waals surface area contributed by atoms with Gasteiger partial charge in [-0.05, 0) is 103 Å². The number of methoxy groups -OCH3 is 1. The molecule has 3 aromatic rings. The van der Waals surface area contributed by atoms with E-state index in [2.05, 4.69) is 43.8 Å². The summed E-state index contributed by atoms with van der Waals surface area (Å²) in [6, 6.07) is 17.1. The van der Waals surface area contributed by atoms with E-state index in [0.29, 0.717) is 47.3 Å². The second kappa shape index (κ2) is 16.5. The van der Waals surface area contributed by atoms with Crippen LogP contribution in [0.15, 0.2) is 77.0 Å². The highest BCUT2D eigenvalue weighted by atomic mass is 127. The number of nitrogens with zero attached hydrogens (tertiary/aromatic N) is 1. The van der Waals surface area contributed by atoms with Crippen molar-refractivity contribution in [3.63, 3.8) is 0 Å². The minimum atomic E-state index is -0.773. The summed E-state index contributed by atoms with van der Waals surface area (Å²) in [4.78, 5) is 37.3. The van der Waals surface area contributed by atoms with Gasteiger partial charge in [0.05, 0.1) is 38.2 Å². The third-order valence-corrected chi connectivity index (χ3v) is 7.34. The van der Waals surface area contributed by atoms with E-state index < -0.39 is 23.9 Å². The Morgan fingerprint density at radius 1 is 0.935 bits per heavy atom. The van der Waals surface area contributed by atoms with E-state index in [0.717, 1.165) is 9.13 Å². The van der Waals surface area contributed by atoms with Gasteiger partial charge in [0.2, 0.25) is 0 Å². The second-order valence-corrected chi connectivity index (χ2v) is 11.1. The van der Waals surface area contributed by atoms with Crippen LogP contribution in [0.25, 0.3) is 0 Å². The zero-order chi connectivity index (χ0) is 33.1. The Morgan fingerprint density at radius 2 is 1.67 bits per heavy atom. The van der Waals surface area contributed by atoms with Gasteiger partial charge in [-0.25, -0.2) is 15.0 Å². The van der Waals surface area contributed by atoms with Crippen LogP contribution in [0.4, 0.5) is 4.79 Å². The summed E-state index contributed by atoms with van der Waals surface area (Å²) in [5.74, 6) is 0.692. The topological polar surface area (TPSA) is 146 Å². The molecule has 3 amide bonds. The van der Waals surface area contributed by atoms with Crippen LogP contribution in [0, 0.1) is 3.57 Å². The lowest BCUT2D eigenvalue weighted by atomic mass is 9.95. The normalized spacial score (nSPS) is 14.3. The Hall–Kier alpha value is -4.79. The van der Waals surface area contributed by atoms with Crippen LogP contribution in [0.5, 0.6) is 23.0 Å². The number of hydrogen-bond donors (Lipinski definition) is 3. The molecule has 1 aliphatic rings. The number of allylic oxidation sites excluding steroid dienone is 1. The third-order valence-electron chi connectivity index (χ3n) is 6.62. The number of halogens is 1. The molecule has 0 saturated carbocycles.